The molecule has 1 rings (SSSR count). The summed E-state index contributed by atoms with van der Waals surface area (Å²) in [5.74, 6) is -0.350. The van der Waals surface area contributed by atoms with Crippen molar-refractivity contribution in [3.63, 3.8) is 0 Å². The van der Waals surface area contributed by atoms with Gasteiger partial charge in [0.2, 0.25) is 6.41 Å². The van der Waals surface area contributed by atoms with Gasteiger partial charge in [0.05, 0.1) is 5.69 Å². The number of rotatable bonds is 2. The Balaban J connectivity index is 3.13. The number of halogens is 1. The molecule has 0 unspecified atom stereocenters. The summed E-state index contributed by atoms with van der Waals surface area (Å²) in [5.41, 5.74) is 0.896. The monoisotopic (exact) mass is 185 g/mol. The first-order valence-electron chi connectivity index (χ1n) is 3.34. The van der Waals surface area contributed by atoms with Crippen LogP contribution in [0.3, 0.4) is 0 Å². The second-order valence-corrected chi connectivity index (χ2v) is 2.86. The summed E-state index contributed by atoms with van der Waals surface area (Å²) in [5, 5.41) is 2.35. The number of carbonyl (C=O) groups excluding carboxylic acids is 1. The van der Waals surface area contributed by atoms with E-state index in [0.29, 0.717) is 22.6 Å². The molecule has 0 aliphatic carbocycles. The van der Waals surface area contributed by atoms with E-state index in [4.69, 9.17) is 0 Å². The first-order chi connectivity index (χ1) is 5.65. The van der Waals surface area contributed by atoms with Crippen molar-refractivity contribution < 1.29 is 9.18 Å². The van der Waals surface area contributed by atoms with Crippen molar-refractivity contribution in [3.8, 4) is 0 Å². The fourth-order valence-electron chi connectivity index (χ4n) is 0.845. The molecule has 1 aromatic carbocycles. The maximum absolute atomic E-state index is 12.9. The average Bonchev–Trinajstić information content (AvgIpc) is 2.01. The molecule has 0 bridgehead atoms. The van der Waals surface area contributed by atoms with Gasteiger partial charge in [0.1, 0.15) is 5.82 Å². The van der Waals surface area contributed by atoms with Gasteiger partial charge >= 0.3 is 0 Å². The smallest absolute Gasteiger partial charge is 0.211 e. The number of aryl methyl sites for hydroxylation is 1. The quantitative estimate of drug-likeness (QED) is 0.535. The minimum Gasteiger partial charge on any atom is -0.328 e. The molecule has 0 atom stereocenters. The number of amides is 1. The second-order valence-electron chi connectivity index (χ2n) is 2.38. The van der Waals surface area contributed by atoms with Crippen LogP contribution < -0.4 is 5.32 Å². The Morgan fingerprint density at radius 3 is 2.83 bits per heavy atom. The minimum absolute atomic E-state index is 0.350. The van der Waals surface area contributed by atoms with E-state index in [1.54, 1.807) is 13.0 Å². The molecule has 0 saturated carbocycles. The Labute approximate surface area is 75.2 Å². The predicted molar refractivity (Wildman–Crippen MR) is 48.1 cm³/mol. The van der Waals surface area contributed by atoms with Gasteiger partial charge in [-0.25, -0.2) is 4.39 Å². The van der Waals surface area contributed by atoms with Crippen LogP contribution in [0.5, 0.6) is 0 Å². The fraction of sp³-hybridized carbons (Fsp3) is 0.125. The first-order valence-corrected chi connectivity index (χ1v) is 3.79. The zero-order valence-electron chi connectivity index (χ0n) is 6.47. The van der Waals surface area contributed by atoms with Crippen molar-refractivity contribution in [3.05, 3.63) is 23.5 Å². The predicted octanol–water partition coefficient (Wildman–Crippen LogP) is 1.99. The molecule has 4 heteroatoms. The summed E-state index contributed by atoms with van der Waals surface area (Å²) in [7, 11) is 0. The van der Waals surface area contributed by atoms with Crippen molar-refractivity contribution in [2.24, 2.45) is 0 Å². The Bertz CT molecular complexity index is 314. The molecule has 1 aromatic rings. The number of nitrogens with one attached hydrogen (secondary N) is 1. The molecule has 0 saturated heterocycles. The lowest BCUT2D eigenvalue weighted by Gasteiger charge is -2.04. The molecule has 0 fully saturated rings. The molecule has 1 N–H and O–H groups in total. The van der Waals surface area contributed by atoms with Crippen LogP contribution in [0.4, 0.5) is 10.1 Å². The molecule has 1 amide bonds. The van der Waals surface area contributed by atoms with Crippen LogP contribution in [0.15, 0.2) is 17.0 Å². The zero-order chi connectivity index (χ0) is 9.14. The molecule has 12 heavy (non-hydrogen) atoms. The lowest BCUT2D eigenvalue weighted by Crippen LogP contribution is -1.96. The largest absolute Gasteiger partial charge is 0.328 e. The van der Waals surface area contributed by atoms with Gasteiger partial charge in [-0.3, -0.25) is 4.79 Å². The van der Waals surface area contributed by atoms with Gasteiger partial charge in [-0.15, -0.1) is 12.6 Å². The Morgan fingerprint density at radius 2 is 2.25 bits per heavy atom. The van der Waals surface area contributed by atoms with E-state index in [9.17, 15) is 9.18 Å². The van der Waals surface area contributed by atoms with Gasteiger partial charge in [0, 0.05) is 4.90 Å². The van der Waals surface area contributed by atoms with Crippen LogP contribution in [0, 0.1) is 12.7 Å². The Kier molecular flexibility index (Phi) is 2.70. The van der Waals surface area contributed by atoms with Crippen LogP contribution >= 0.6 is 12.6 Å². The number of hydrogen-bond donors (Lipinski definition) is 2. The molecule has 0 radical (unpaired) electrons. The number of anilines is 1. The Hall–Kier alpha value is -1.03. The third-order valence-electron chi connectivity index (χ3n) is 1.49. The molecule has 0 aliphatic heterocycles. The first kappa shape index (κ1) is 9.06. The molecule has 0 aromatic heterocycles. The zero-order valence-corrected chi connectivity index (χ0v) is 7.36. The molecular weight excluding hydrogens is 177 g/mol. The van der Waals surface area contributed by atoms with E-state index in [2.05, 4.69) is 17.9 Å². The normalized spacial score (nSPS) is 9.58. The molecule has 0 heterocycles. The lowest BCUT2D eigenvalue weighted by molar-refractivity contribution is -0.105. The van der Waals surface area contributed by atoms with Crippen molar-refractivity contribution in [2.45, 2.75) is 11.8 Å². The molecule has 0 aliphatic rings. The summed E-state index contributed by atoms with van der Waals surface area (Å²) in [6.45, 7) is 1.64. The average molecular weight is 185 g/mol. The van der Waals surface area contributed by atoms with Gasteiger partial charge in [-0.2, -0.15) is 0 Å². The maximum Gasteiger partial charge on any atom is 0.211 e. The van der Waals surface area contributed by atoms with Crippen LogP contribution in [0.25, 0.3) is 0 Å². The van der Waals surface area contributed by atoms with Crippen molar-refractivity contribution >= 4 is 24.7 Å². The highest BCUT2D eigenvalue weighted by Gasteiger charge is 2.03. The number of thiol groups is 1. The second kappa shape index (κ2) is 3.58. The van der Waals surface area contributed by atoms with Crippen LogP contribution in [-0.4, -0.2) is 6.41 Å². The van der Waals surface area contributed by atoms with Gasteiger partial charge < -0.3 is 5.32 Å². The summed E-state index contributed by atoms with van der Waals surface area (Å²) in [6.07, 6.45) is 0.490. The molecular formula is C8H8FNOS. The van der Waals surface area contributed by atoms with Crippen LogP contribution in [0.2, 0.25) is 0 Å². The summed E-state index contributed by atoms with van der Waals surface area (Å²) in [4.78, 5) is 10.6. The summed E-state index contributed by atoms with van der Waals surface area (Å²) >= 11 is 4.06. The van der Waals surface area contributed by atoms with E-state index in [-0.39, 0.29) is 5.82 Å². The van der Waals surface area contributed by atoms with Gasteiger partial charge in [0.25, 0.3) is 0 Å². The van der Waals surface area contributed by atoms with E-state index < -0.39 is 0 Å². The van der Waals surface area contributed by atoms with E-state index in [0.717, 1.165) is 0 Å². The molecule has 0 spiro atoms. The maximum atomic E-state index is 12.9. The topological polar surface area (TPSA) is 29.1 Å². The lowest BCUT2D eigenvalue weighted by atomic mass is 10.2. The highest BCUT2D eigenvalue weighted by atomic mass is 32.1. The Morgan fingerprint density at radius 1 is 1.58 bits per heavy atom. The summed E-state index contributed by atoms with van der Waals surface area (Å²) in [6, 6.07) is 2.80. The third-order valence-corrected chi connectivity index (χ3v) is 1.86. The number of benzene rings is 1. The van der Waals surface area contributed by atoms with Crippen molar-refractivity contribution in [1.82, 2.24) is 0 Å². The van der Waals surface area contributed by atoms with E-state index in [1.807, 2.05) is 0 Å². The van der Waals surface area contributed by atoms with Gasteiger partial charge in [0.15, 0.2) is 0 Å². The molecule has 64 valence electrons. The summed E-state index contributed by atoms with van der Waals surface area (Å²) < 4.78 is 12.9. The number of hydrogen-bond acceptors (Lipinski definition) is 2. The van der Waals surface area contributed by atoms with E-state index >= 15 is 0 Å². The van der Waals surface area contributed by atoms with Crippen LogP contribution in [-0.2, 0) is 4.79 Å². The van der Waals surface area contributed by atoms with Crippen LogP contribution in [0.1, 0.15) is 5.56 Å². The number of carbonyl (C=O) groups is 1. The van der Waals surface area contributed by atoms with Crippen molar-refractivity contribution in [2.75, 3.05) is 5.32 Å². The minimum atomic E-state index is -0.350. The highest BCUT2D eigenvalue weighted by Crippen LogP contribution is 2.22. The fourth-order valence-corrected chi connectivity index (χ4v) is 1.17. The van der Waals surface area contributed by atoms with Gasteiger partial charge in [-0.1, -0.05) is 0 Å². The van der Waals surface area contributed by atoms with Gasteiger partial charge in [-0.05, 0) is 24.6 Å². The highest BCUT2D eigenvalue weighted by molar-refractivity contribution is 7.80. The van der Waals surface area contributed by atoms with E-state index in [1.165, 1.54) is 6.07 Å². The molecule has 2 nitrogen and oxygen atoms in total. The standard InChI is InChI=1S/C8H8FNOS/c1-5-2-8(12)7(10-4-11)3-6(5)9/h2-4,12H,1H3,(H,10,11). The third kappa shape index (κ3) is 1.76. The SMILES string of the molecule is Cc1cc(S)c(NC=O)cc1F. The van der Waals surface area contributed by atoms with Crippen molar-refractivity contribution in [1.29, 1.82) is 0 Å².